The third-order valence-electron chi connectivity index (χ3n) is 2.51. The minimum Gasteiger partial charge on any atom is -0.480 e. The Morgan fingerprint density at radius 1 is 1.25 bits per heavy atom. The number of aromatic nitrogens is 3. The van der Waals surface area contributed by atoms with Gasteiger partial charge in [-0.3, -0.25) is 4.68 Å². The van der Waals surface area contributed by atoms with Gasteiger partial charge in [0.25, 0.3) is 0 Å². The zero-order valence-corrected chi connectivity index (χ0v) is 11.8. The molecule has 4 nitrogen and oxygen atoms in total. The first-order valence-corrected chi connectivity index (χ1v) is 6.02. The number of halogens is 5. The summed E-state index contributed by atoms with van der Waals surface area (Å²) in [5.74, 6) is 0.0828. The fraction of sp³-hybridized carbons (Fsp3) is 0.273. The molecule has 0 aliphatic rings. The van der Waals surface area contributed by atoms with E-state index in [0.717, 1.165) is 7.05 Å². The number of hydrogen-bond acceptors (Lipinski definition) is 3. The zero-order valence-electron chi connectivity index (χ0n) is 10.3. The predicted molar refractivity (Wildman–Crippen MR) is 68.0 cm³/mol. The van der Waals surface area contributed by atoms with Crippen LogP contribution < -0.4 is 4.74 Å². The van der Waals surface area contributed by atoms with E-state index in [-0.39, 0.29) is 22.3 Å². The highest BCUT2D eigenvalue weighted by Crippen LogP contribution is 2.39. The summed E-state index contributed by atoms with van der Waals surface area (Å²) in [7, 11) is 2.50. The van der Waals surface area contributed by atoms with Crippen LogP contribution in [0.5, 0.6) is 5.88 Å². The Labute approximate surface area is 122 Å². The summed E-state index contributed by atoms with van der Waals surface area (Å²) in [6, 6.07) is 2.86. The second kappa shape index (κ2) is 5.14. The molecule has 0 saturated heterocycles. The average molecular weight is 326 g/mol. The number of rotatable bonds is 2. The predicted octanol–water partition coefficient (Wildman–Crippen LogP) is 3.82. The molecule has 0 bridgehead atoms. The van der Waals surface area contributed by atoms with Crippen molar-refractivity contribution in [1.29, 1.82) is 0 Å². The van der Waals surface area contributed by atoms with E-state index in [1.165, 1.54) is 19.2 Å². The van der Waals surface area contributed by atoms with Crippen molar-refractivity contribution in [2.24, 2.45) is 7.05 Å². The van der Waals surface area contributed by atoms with E-state index in [4.69, 9.17) is 27.9 Å². The van der Waals surface area contributed by atoms with Crippen molar-refractivity contribution in [2.45, 2.75) is 6.18 Å². The highest BCUT2D eigenvalue weighted by Gasteiger charge is 2.39. The lowest BCUT2D eigenvalue weighted by molar-refractivity contribution is -0.143. The van der Waals surface area contributed by atoms with Gasteiger partial charge in [-0.25, -0.2) is 4.98 Å². The molecule has 0 aliphatic carbocycles. The van der Waals surface area contributed by atoms with Gasteiger partial charge in [0.15, 0.2) is 5.69 Å². The molecule has 9 heteroatoms. The standard InChI is InChI=1S/C11H8Cl2F3N3O/c1-19-9(11(14,15)16)7(13)8(18-19)6-4-3-5(12)10(17-6)20-2/h3-4H,1-2H3. The second-order valence-corrected chi connectivity index (χ2v) is 4.61. The number of alkyl halides is 3. The molecule has 2 aromatic heterocycles. The molecule has 2 rings (SSSR count). The summed E-state index contributed by atoms with van der Waals surface area (Å²) in [4.78, 5) is 3.98. The molecular weight excluding hydrogens is 318 g/mol. The van der Waals surface area contributed by atoms with Crippen molar-refractivity contribution >= 4 is 23.2 Å². The van der Waals surface area contributed by atoms with Crippen LogP contribution in [-0.2, 0) is 13.2 Å². The summed E-state index contributed by atoms with van der Waals surface area (Å²) in [6.45, 7) is 0. The first-order valence-electron chi connectivity index (χ1n) is 5.26. The van der Waals surface area contributed by atoms with Crippen LogP contribution >= 0.6 is 23.2 Å². The molecule has 0 spiro atoms. The molecule has 0 saturated carbocycles. The summed E-state index contributed by atoms with van der Waals surface area (Å²) in [5.41, 5.74) is -0.983. The van der Waals surface area contributed by atoms with E-state index in [0.29, 0.717) is 4.68 Å². The van der Waals surface area contributed by atoms with E-state index in [9.17, 15) is 13.2 Å². The van der Waals surface area contributed by atoms with Gasteiger partial charge >= 0.3 is 6.18 Å². The van der Waals surface area contributed by atoms with Crippen LogP contribution in [0.4, 0.5) is 13.2 Å². The summed E-state index contributed by atoms with van der Waals surface area (Å²) in [6.07, 6.45) is -4.60. The van der Waals surface area contributed by atoms with Gasteiger partial charge < -0.3 is 4.74 Å². The topological polar surface area (TPSA) is 39.9 Å². The van der Waals surface area contributed by atoms with Crippen LogP contribution in [0, 0.1) is 0 Å². The largest absolute Gasteiger partial charge is 0.480 e. The zero-order chi connectivity index (χ0) is 15.1. The van der Waals surface area contributed by atoms with Crippen LogP contribution in [0.25, 0.3) is 11.4 Å². The van der Waals surface area contributed by atoms with Crippen molar-refractivity contribution < 1.29 is 17.9 Å². The maximum absolute atomic E-state index is 12.8. The molecule has 20 heavy (non-hydrogen) atoms. The van der Waals surface area contributed by atoms with Crippen molar-refractivity contribution in [1.82, 2.24) is 14.8 Å². The summed E-state index contributed by atoms with van der Waals surface area (Å²) >= 11 is 11.6. The Morgan fingerprint density at radius 2 is 1.90 bits per heavy atom. The lowest BCUT2D eigenvalue weighted by atomic mass is 10.2. The van der Waals surface area contributed by atoms with Crippen LogP contribution in [0.15, 0.2) is 12.1 Å². The smallest absolute Gasteiger partial charge is 0.434 e. The van der Waals surface area contributed by atoms with Gasteiger partial charge in [-0.2, -0.15) is 18.3 Å². The molecule has 2 heterocycles. The van der Waals surface area contributed by atoms with Crippen LogP contribution in [0.1, 0.15) is 5.69 Å². The van der Waals surface area contributed by atoms with Gasteiger partial charge in [-0.05, 0) is 12.1 Å². The molecule has 2 aromatic rings. The normalized spacial score (nSPS) is 11.8. The number of hydrogen-bond donors (Lipinski definition) is 0. The minimum atomic E-state index is -4.60. The lowest BCUT2D eigenvalue weighted by Gasteiger charge is -2.06. The fourth-order valence-corrected chi connectivity index (χ4v) is 2.21. The molecule has 108 valence electrons. The molecule has 0 N–H and O–H groups in total. The van der Waals surface area contributed by atoms with Gasteiger partial charge in [0.2, 0.25) is 5.88 Å². The Hall–Kier alpha value is -1.47. The van der Waals surface area contributed by atoms with Gasteiger partial charge in [0, 0.05) is 7.05 Å². The van der Waals surface area contributed by atoms with E-state index >= 15 is 0 Å². The first-order chi connectivity index (χ1) is 9.25. The third kappa shape index (κ3) is 2.55. The maximum Gasteiger partial charge on any atom is 0.434 e. The van der Waals surface area contributed by atoms with Gasteiger partial charge in [-0.15, -0.1) is 0 Å². The van der Waals surface area contributed by atoms with Crippen molar-refractivity contribution in [3.05, 3.63) is 27.9 Å². The third-order valence-corrected chi connectivity index (χ3v) is 3.15. The molecule has 0 fully saturated rings. The van der Waals surface area contributed by atoms with Crippen LogP contribution in [0.3, 0.4) is 0 Å². The lowest BCUT2D eigenvalue weighted by Crippen LogP contribution is -2.12. The fourth-order valence-electron chi connectivity index (χ4n) is 1.67. The number of nitrogens with zero attached hydrogens (tertiary/aromatic N) is 3. The van der Waals surface area contributed by atoms with E-state index in [1.54, 1.807) is 0 Å². The van der Waals surface area contributed by atoms with Gasteiger partial charge in [0.05, 0.1) is 12.8 Å². The highest BCUT2D eigenvalue weighted by molar-refractivity contribution is 6.34. The van der Waals surface area contributed by atoms with Crippen molar-refractivity contribution in [3.63, 3.8) is 0 Å². The molecule has 0 aliphatic heterocycles. The quantitative estimate of drug-likeness (QED) is 0.842. The van der Waals surface area contributed by atoms with Gasteiger partial charge in [0.1, 0.15) is 15.7 Å². The summed E-state index contributed by atoms with van der Waals surface area (Å²) < 4.78 is 44.1. The van der Waals surface area contributed by atoms with Crippen molar-refractivity contribution in [2.75, 3.05) is 7.11 Å². The summed E-state index contributed by atoms with van der Waals surface area (Å²) in [5, 5.41) is 3.47. The Bertz CT molecular complexity index is 655. The minimum absolute atomic E-state index is 0.0828. The highest BCUT2D eigenvalue weighted by atomic mass is 35.5. The number of ether oxygens (including phenoxy) is 1. The molecule has 0 atom stereocenters. The number of methoxy groups -OCH3 is 1. The first kappa shape index (κ1) is 14.9. The van der Waals surface area contributed by atoms with Crippen molar-refractivity contribution in [3.8, 4) is 17.3 Å². The molecule has 0 unspecified atom stereocenters. The average Bonchev–Trinajstić information content (AvgIpc) is 2.65. The molecule has 0 aromatic carbocycles. The molecule has 0 radical (unpaired) electrons. The molecular formula is C11H8Cl2F3N3O. The van der Waals surface area contributed by atoms with Crippen LogP contribution in [0.2, 0.25) is 10.0 Å². The number of aryl methyl sites for hydroxylation is 1. The van der Waals surface area contributed by atoms with E-state index in [1.807, 2.05) is 0 Å². The second-order valence-electron chi connectivity index (χ2n) is 3.82. The van der Waals surface area contributed by atoms with Crippen LogP contribution in [-0.4, -0.2) is 21.9 Å². The molecule has 0 amide bonds. The van der Waals surface area contributed by atoms with Gasteiger partial charge in [-0.1, -0.05) is 23.2 Å². The Balaban J connectivity index is 2.60. The van der Waals surface area contributed by atoms with E-state index < -0.39 is 16.9 Å². The maximum atomic E-state index is 12.8. The Kier molecular flexibility index (Phi) is 3.84. The monoisotopic (exact) mass is 325 g/mol. The Morgan fingerprint density at radius 3 is 2.40 bits per heavy atom. The van der Waals surface area contributed by atoms with E-state index in [2.05, 4.69) is 10.1 Å². The number of pyridine rings is 1. The SMILES string of the molecule is COc1nc(-c2nn(C)c(C(F)(F)F)c2Cl)ccc1Cl.